The van der Waals surface area contributed by atoms with Gasteiger partial charge in [-0.15, -0.1) is 0 Å². The van der Waals surface area contributed by atoms with Crippen LogP contribution in [0.25, 0.3) is 0 Å². The van der Waals surface area contributed by atoms with E-state index < -0.39 is 0 Å². The molecule has 0 rings (SSSR count). The number of ketones is 1. The lowest BCUT2D eigenvalue weighted by Gasteiger charge is -1.85. The predicted molar refractivity (Wildman–Crippen MR) is 56.9 cm³/mol. The van der Waals surface area contributed by atoms with Crippen LogP contribution in [0.2, 0.25) is 0 Å². The highest BCUT2D eigenvalue weighted by Crippen LogP contribution is 1.84. The van der Waals surface area contributed by atoms with Gasteiger partial charge in [0.15, 0.2) is 5.78 Å². The quantitative estimate of drug-likeness (QED) is 0.464. The molecule has 0 amide bonds. The Kier molecular flexibility index (Phi) is 23.8. The normalized spacial score (nSPS) is 7.50. The number of aliphatic imine (C=N–C) groups is 1. The third-order valence-electron chi connectivity index (χ3n) is 0.737. The zero-order chi connectivity index (χ0) is 10.6. The van der Waals surface area contributed by atoms with Crippen molar-refractivity contribution >= 4 is 12.0 Å². The molecule has 0 heterocycles. The number of hydrogen-bond donors (Lipinski definition) is 0. The fourth-order valence-corrected chi connectivity index (χ4v) is 0.247. The van der Waals surface area contributed by atoms with Gasteiger partial charge >= 0.3 is 0 Å². The lowest BCUT2D eigenvalue weighted by molar-refractivity contribution is -0.113. The summed E-state index contributed by atoms with van der Waals surface area (Å²) in [6.45, 7) is 12.9. The Morgan fingerprint density at radius 2 is 1.58 bits per heavy atom. The summed E-state index contributed by atoms with van der Waals surface area (Å²) in [5, 5.41) is 0. The first-order chi connectivity index (χ1) is 5.68. The van der Waals surface area contributed by atoms with Crippen molar-refractivity contribution in [2.45, 2.75) is 34.6 Å². The van der Waals surface area contributed by atoms with Crippen LogP contribution in [0.5, 0.6) is 0 Å². The Morgan fingerprint density at radius 3 is 1.67 bits per heavy atom. The van der Waals surface area contributed by atoms with Gasteiger partial charge in [0, 0.05) is 18.8 Å². The lowest BCUT2D eigenvalue weighted by Crippen LogP contribution is -1.94. The maximum Gasteiger partial charge on any atom is 0.160 e. The third-order valence-corrected chi connectivity index (χ3v) is 0.737. The van der Waals surface area contributed by atoms with Gasteiger partial charge in [-0.25, -0.2) is 0 Å². The van der Waals surface area contributed by atoms with Crippen LogP contribution in [0.15, 0.2) is 17.1 Å². The van der Waals surface area contributed by atoms with Crippen LogP contribution >= 0.6 is 0 Å². The first-order valence-corrected chi connectivity index (χ1v) is 4.30. The molecule has 0 N–H and O–H groups in total. The molecule has 0 fully saturated rings. The van der Waals surface area contributed by atoms with Gasteiger partial charge in [-0.2, -0.15) is 0 Å². The van der Waals surface area contributed by atoms with Crippen molar-refractivity contribution in [3.63, 3.8) is 0 Å². The summed E-state index contributed by atoms with van der Waals surface area (Å²) >= 11 is 0. The van der Waals surface area contributed by atoms with Crippen LogP contribution in [-0.4, -0.2) is 19.0 Å². The lowest BCUT2D eigenvalue weighted by atomic mass is 10.2. The number of rotatable bonds is 2. The molecule has 2 heteroatoms. The molecule has 0 aliphatic carbocycles. The maximum absolute atomic E-state index is 10.3. The molecule has 0 bridgehead atoms. The second kappa shape index (κ2) is 16.6. The second-order valence-corrected chi connectivity index (χ2v) is 1.47. The van der Waals surface area contributed by atoms with Crippen molar-refractivity contribution in [1.82, 2.24) is 0 Å². The zero-order valence-electron chi connectivity index (χ0n) is 9.14. The standard InChI is InChI=1S/C6H9NO.2C2H6/c1-5(4-7-3)6(2)8;2*1-2/h4H,1H2,2-3H3;2*1-2H3. The molecular formula is C10H21NO. The fraction of sp³-hybridized carbons (Fsp3) is 0.600. The smallest absolute Gasteiger partial charge is 0.160 e. The second-order valence-electron chi connectivity index (χ2n) is 1.47. The van der Waals surface area contributed by atoms with Crippen molar-refractivity contribution in [2.75, 3.05) is 7.05 Å². The molecule has 0 radical (unpaired) electrons. The molecule has 0 aliphatic heterocycles. The van der Waals surface area contributed by atoms with Gasteiger partial charge in [-0.05, 0) is 6.92 Å². The number of allylic oxidation sites excluding steroid dienone is 1. The molecule has 0 aromatic rings. The summed E-state index contributed by atoms with van der Waals surface area (Å²) in [5.74, 6) is -0.0319. The summed E-state index contributed by atoms with van der Waals surface area (Å²) in [6, 6.07) is 0. The first kappa shape index (κ1) is 17.2. The highest BCUT2D eigenvalue weighted by atomic mass is 16.1. The molecule has 0 saturated carbocycles. The van der Waals surface area contributed by atoms with E-state index in [-0.39, 0.29) is 5.78 Å². The van der Waals surface area contributed by atoms with E-state index in [1.165, 1.54) is 13.1 Å². The van der Waals surface area contributed by atoms with E-state index in [0.717, 1.165) is 0 Å². The molecule has 2 nitrogen and oxygen atoms in total. The maximum atomic E-state index is 10.3. The van der Waals surface area contributed by atoms with Crippen LogP contribution in [-0.2, 0) is 4.79 Å². The van der Waals surface area contributed by atoms with Gasteiger partial charge < -0.3 is 0 Å². The number of carbonyl (C=O) groups is 1. The number of nitrogens with zero attached hydrogens (tertiary/aromatic N) is 1. The average molecular weight is 171 g/mol. The predicted octanol–water partition coefficient (Wildman–Crippen LogP) is 2.88. The van der Waals surface area contributed by atoms with E-state index in [2.05, 4.69) is 11.6 Å². The zero-order valence-corrected chi connectivity index (χ0v) is 9.14. The Hall–Kier alpha value is -0.920. The van der Waals surface area contributed by atoms with E-state index in [4.69, 9.17) is 0 Å². The summed E-state index contributed by atoms with van der Waals surface area (Å²) in [5.41, 5.74) is 0.451. The van der Waals surface area contributed by atoms with Crippen LogP contribution < -0.4 is 0 Å². The Balaban J connectivity index is -0.000000175. The summed E-state index contributed by atoms with van der Waals surface area (Å²) in [7, 11) is 1.61. The molecule has 0 unspecified atom stereocenters. The van der Waals surface area contributed by atoms with E-state index in [0.29, 0.717) is 5.57 Å². The van der Waals surface area contributed by atoms with Crippen LogP contribution in [0.1, 0.15) is 34.6 Å². The van der Waals surface area contributed by atoms with Gasteiger partial charge in [-0.1, -0.05) is 34.3 Å². The third kappa shape index (κ3) is 16.0. The van der Waals surface area contributed by atoms with Gasteiger partial charge in [0.1, 0.15) is 0 Å². The Labute approximate surface area is 76.4 Å². The summed E-state index contributed by atoms with van der Waals surface area (Å²) in [6.07, 6.45) is 1.45. The molecule has 0 aliphatic rings. The van der Waals surface area contributed by atoms with E-state index >= 15 is 0 Å². The van der Waals surface area contributed by atoms with Crippen molar-refractivity contribution in [1.29, 1.82) is 0 Å². The van der Waals surface area contributed by atoms with E-state index in [1.54, 1.807) is 7.05 Å². The highest BCUT2D eigenvalue weighted by molar-refractivity contribution is 6.11. The molecule has 0 saturated heterocycles. The fourth-order valence-electron chi connectivity index (χ4n) is 0.247. The van der Waals surface area contributed by atoms with Crippen LogP contribution in [0.4, 0.5) is 0 Å². The molecule has 0 aromatic heterocycles. The summed E-state index contributed by atoms with van der Waals surface area (Å²) < 4.78 is 0. The van der Waals surface area contributed by atoms with Crippen molar-refractivity contribution in [3.8, 4) is 0 Å². The summed E-state index contributed by atoms with van der Waals surface area (Å²) in [4.78, 5) is 14.0. The van der Waals surface area contributed by atoms with Gasteiger partial charge in [0.05, 0.1) is 0 Å². The average Bonchev–Trinajstić information content (AvgIpc) is 2.12. The van der Waals surface area contributed by atoms with Gasteiger partial charge in [0.2, 0.25) is 0 Å². The minimum Gasteiger partial charge on any atom is -0.296 e. The van der Waals surface area contributed by atoms with E-state index in [9.17, 15) is 4.79 Å². The largest absolute Gasteiger partial charge is 0.296 e. The Morgan fingerprint density at radius 1 is 1.25 bits per heavy atom. The highest BCUT2D eigenvalue weighted by Gasteiger charge is 1.91. The van der Waals surface area contributed by atoms with Crippen molar-refractivity contribution in [3.05, 3.63) is 12.2 Å². The number of hydrogen-bond acceptors (Lipinski definition) is 2. The van der Waals surface area contributed by atoms with Gasteiger partial charge in [-0.3, -0.25) is 9.79 Å². The van der Waals surface area contributed by atoms with Crippen LogP contribution in [0.3, 0.4) is 0 Å². The molecule has 0 atom stereocenters. The van der Waals surface area contributed by atoms with Gasteiger partial charge in [0.25, 0.3) is 0 Å². The van der Waals surface area contributed by atoms with Crippen molar-refractivity contribution in [2.24, 2.45) is 4.99 Å². The Bertz CT molecular complexity index is 137. The molecule has 0 aromatic carbocycles. The number of Topliss-reactive ketones (excluding diaryl/α,β-unsaturated/α-hetero) is 1. The topological polar surface area (TPSA) is 29.4 Å². The SMILES string of the molecule is C=C(C=NC)C(C)=O.CC.CC. The monoisotopic (exact) mass is 171 g/mol. The van der Waals surface area contributed by atoms with E-state index in [1.807, 2.05) is 27.7 Å². The first-order valence-electron chi connectivity index (χ1n) is 4.30. The molecular weight excluding hydrogens is 150 g/mol. The number of carbonyl (C=O) groups excluding carboxylic acids is 1. The minimum atomic E-state index is -0.0319. The molecule has 12 heavy (non-hydrogen) atoms. The van der Waals surface area contributed by atoms with Crippen molar-refractivity contribution < 1.29 is 4.79 Å². The van der Waals surface area contributed by atoms with Crippen LogP contribution in [0, 0.1) is 0 Å². The minimum absolute atomic E-state index is 0.0319. The molecule has 72 valence electrons. The molecule has 0 spiro atoms.